The highest BCUT2D eigenvalue weighted by Crippen LogP contribution is 2.29. The Morgan fingerprint density at radius 2 is 1.33 bits per heavy atom. The summed E-state index contributed by atoms with van der Waals surface area (Å²) in [5.41, 5.74) is 5.65. The molecule has 33 heavy (non-hydrogen) atoms. The number of hydrogen-bond acceptors (Lipinski definition) is 1. The third-order valence-electron chi connectivity index (χ3n) is 5.17. The zero-order valence-electron chi connectivity index (χ0n) is 19.9. The molecule has 4 rings (SSSR count). The molecule has 176 valence electrons. The van der Waals surface area contributed by atoms with E-state index in [-0.39, 0.29) is 13.2 Å². The first-order chi connectivity index (χ1) is 15.6. The number of aromatic nitrogens is 1. The third kappa shape index (κ3) is 7.29. The zero-order chi connectivity index (χ0) is 23.5. The van der Waals surface area contributed by atoms with Crippen LogP contribution >= 0.6 is 22.6 Å². The van der Waals surface area contributed by atoms with Crippen molar-refractivity contribution >= 4 is 39.3 Å². The van der Waals surface area contributed by atoms with Crippen molar-refractivity contribution in [3.05, 3.63) is 105 Å². The van der Waals surface area contributed by atoms with E-state index in [1.54, 1.807) is 6.92 Å². The first kappa shape index (κ1) is 28.6. The molecule has 0 bridgehead atoms. The van der Waals surface area contributed by atoms with Crippen molar-refractivity contribution in [3.8, 4) is 0 Å². The largest absolute Gasteiger partial charge is 0.333 e. The summed E-state index contributed by atoms with van der Waals surface area (Å²) >= 11 is 2.33. The molecule has 0 N–H and O–H groups in total. The van der Waals surface area contributed by atoms with Crippen LogP contribution < -0.4 is 0 Å². The molecule has 0 radical (unpaired) electrons. The minimum absolute atomic E-state index is 0. The van der Waals surface area contributed by atoms with Gasteiger partial charge in [-0.2, -0.15) is 0 Å². The van der Waals surface area contributed by atoms with Gasteiger partial charge in [0, 0.05) is 27.9 Å². The van der Waals surface area contributed by atoms with Gasteiger partial charge in [0.15, 0.2) is 5.78 Å². The standard InChI is InChI=1S/C25H22INO.2C2H6.CH4/c1-18(28)25-23(16-13-19-11-14-21(26)15-12-19)22-9-5-6-10-24(22)27(25)17-20-7-3-2-4-8-20;2*1-2;/h2-12,14-15H,13,16-17H2,1H3;2*1-2H3;1H4. The van der Waals surface area contributed by atoms with Crippen LogP contribution in [0, 0.1) is 3.57 Å². The van der Waals surface area contributed by atoms with E-state index in [1.165, 1.54) is 20.1 Å². The van der Waals surface area contributed by atoms with Crippen LogP contribution in [-0.2, 0) is 19.4 Å². The minimum atomic E-state index is 0. The Hall–Kier alpha value is -2.40. The summed E-state index contributed by atoms with van der Waals surface area (Å²) in [6.07, 6.45) is 1.79. The lowest BCUT2D eigenvalue weighted by Crippen LogP contribution is -2.10. The number of carbonyl (C=O) groups excluding carboxylic acids is 1. The van der Waals surface area contributed by atoms with Crippen LogP contribution in [0.2, 0.25) is 0 Å². The average Bonchev–Trinajstić information content (AvgIpc) is 3.15. The molecule has 0 saturated heterocycles. The van der Waals surface area contributed by atoms with E-state index in [1.807, 2.05) is 45.9 Å². The smallest absolute Gasteiger partial charge is 0.176 e. The highest BCUT2D eigenvalue weighted by Gasteiger charge is 2.20. The predicted molar refractivity (Wildman–Crippen MR) is 153 cm³/mol. The Labute approximate surface area is 214 Å². The molecule has 0 atom stereocenters. The van der Waals surface area contributed by atoms with Gasteiger partial charge in [0.25, 0.3) is 0 Å². The molecule has 1 heterocycles. The maximum absolute atomic E-state index is 12.7. The Morgan fingerprint density at radius 1 is 0.758 bits per heavy atom. The number of ketones is 1. The zero-order valence-corrected chi connectivity index (χ0v) is 22.0. The number of nitrogens with zero attached hydrogens (tertiary/aromatic N) is 1. The van der Waals surface area contributed by atoms with Gasteiger partial charge in [0.2, 0.25) is 0 Å². The second-order valence-electron chi connectivity index (χ2n) is 7.10. The molecule has 0 aliphatic rings. The van der Waals surface area contributed by atoms with Gasteiger partial charge >= 0.3 is 0 Å². The second-order valence-corrected chi connectivity index (χ2v) is 8.34. The second kappa shape index (κ2) is 14.7. The van der Waals surface area contributed by atoms with Gasteiger partial charge < -0.3 is 4.57 Å². The van der Waals surface area contributed by atoms with Crippen LogP contribution in [-0.4, -0.2) is 10.4 Å². The van der Waals surface area contributed by atoms with Crippen molar-refractivity contribution in [2.24, 2.45) is 0 Å². The highest BCUT2D eigenvalue weighted by molar-refractivity contribution is 14.1. The first-order valence-corrected chi connectivity index (χ1v) is 12.6. The Bertz CT molecular complexity index is 1110. The summed E-state index contributed by atoms with van der Waals surface area (Å²) in [5, 5.41) is 1.19. The lowest BCUT2D eigenvalue weighted by molar-refractivity contribution is 0.100. The van der Waals surface area contributed by atoms with Crippen molar-refractivity contribution < 1.29 is 4.79 Å². The molecule has 0 saturated carbocycles. The van der Waals surface area contributed by atoms with Gasteiger partial charge in [-0.15, -0.1) is 0 Å². The monoisotopic (exact) mass is 555 g/mol. The fourth-order valence-corrected chi connectivity index (χ4v) is 4.24. The van der Waals surface area contributed by atoms with E-state index in [2.05, 4.69) is 87.8 Å². The molecule has 1 aromatic heterocycles. The maximum Gasteiger partial charge on any atom is 0.176 e. The van der Waals surface area contributed by atoms with Crippen LogP contribution in [0.25, 0.3) is 10.9 Å². The number of benzene rings is 3. The molecule has 4 aromatic rings. The number of para-hydroxylation sites is 1. The highest BCUT2D eigenvalue weighted by atomic mass is 127. The summed E-state index contributed by atoms with van der Waals surface area (Å²) in [5.74, 6) is 0.129. The minimum Gasteiger partial charge on any atom is -0.333 e. The van der Waals surface area contributed by atoms with Crippen molar-refractivity contribution in [3.63, 3.8) is 0 Å². The van der Waals surface area contributed by atoms with Crippen LogP contribution in [0.3, 0.4) is 0 Å². The molecule has 3 heteroatoms. The normalized spacial score (nSPS) is 9.76. The molecule has 2 nitrogen and oxygen atoms in total. The Morgan fingerprint density at radius 3 is 1.94 bits per heavy atom. The average molecular weight is 556 g/mol. The summed E-state index contributed by atoms with van der Waals surface area (Å²) in [7, 11) is 0. The van der Waals surface area contributed by atoms with Crippen LogP contribution in [0.1, 0.15) is 69.2 Å². The van der Waals surface area contributed by atoms with E-state index < -0.39 is 0 Å². The van der Waals surface area contributed by atoms with Crippen molar-refractivity contribution in [2.75, 3.05) is 0 Å². The quantitative estimate of drug-likeness (QED) is 0.172. The van der Waals surface area contributed by atoms with Crippen LogP contribution in [0.4, 0.5) is 0 Å². The van der Waals surface area contributed by atoms with Crippen molar-refractivity contribution in [2.45, 2.75) is 61.4 Å². The van der Waals surface area contributed by atoms with Crippen molar-refractivity contribution in [1.82, 2.24) is 4.57 Å². The molecular formula is C30H38INO. The first-order valence-electron chi connectivity index (χ1n) is 11.5. The Balaban J connectivity index is 0.00000103. The van der Waals surface area contributed by atoms with E-state index in [4.69, 9.17) is 0 Å². The summed E-state index contributed by atoms with van der Waals surface area (Å²) in [6.45, 7) is 10.4. The third-order valence-corrected chi connectivity index (χ3v) is 5.89. The van der Waals surface area contributed by atoms with Gasteiger partial charge in [-0.3, -0.25) is 4.79 Å². The number of halogens is 1. The maximum atomic E-state index is 12.7. The number of fused-ring (bicyclic) bond motifs is 1. The summed E-state index contributed by atoms with van der Waals surface area (Å²) < 4.78 is 3.43. The SMILES string of the molecule is C.CC.CC.CC(=O)c1c(CCc2ccc(I)cc2)c2ccccc2n1Cc1ccccc1. The lowest BCUT2D eigenvalue weighted by Gasteiger charge is -2.10. The molecule has 0 amide bonds. The summed E-state index contributed by atoms with van der Waals surface area (Å²) in [6, 6.07) is 27.4. The van der Waals surface area contributed by atoms with Gasteiger partial charge in [-0.05, 0) is 70.3 Å². The number of Topliss-reactive ketones (excluding diaryl/α,β-unsaturated/α-hetero) is 1. The van der Waals surface area contributed by atoms with Crippen molar-refractivity contribution in [1.29, 1.82) is 0 Å². The lowest BCUT2D eigenvalue weighted by atomic mass is 10.0. The fraction of sp³-hybridized carbons (Fsp3) is 0.300. The van der Waals surface area contributed by atoms with Gasteiger partial charge in [-0.1, -0.05) is 95.8 Å². The molecule has 0 fully saturated rings. The van der Waals surface area contributed by atoms with Gasteiger partial charge in [-0.25, -0.2) is 0 Å². The number of rotatable bonds is 6. The van der Waals surface area contributed by atoms with E-state index >= 15 is 0 Å². The topological polar surface area (TPSA) is 22.0 Å². The van der Waals surface area contributed by atoms with Crippen LogP contribution in [0.5, 0.6) is 0 Å². The molecule has 3 aromatic carbocycles. The fourth-order valence-electron chi connectivity index (χ4n) is 3.88. The predicted octanol–water partition coefficient (Wildman–Crippen LogP) is 8.97. The van der Waals surface area contributed by atoms with E-state index in [0.717, 1.165) is 29.6 Å². The molecule has 0 unspecified atom stereocenters. The van der Waals surface area contributed by atoms with E-state index in [0.29, 0.717) is 6.54 Å². The number of aryl methyl sites for hydroxylation is 2. The summed E-state index contributed by atoms with van der Waals surface area (Å²) in [4.78, 5) is 12.7. The number of carbonyl (C=O) groups is 1. The molecule has 0 aliphatic carbocycles. The molecule has 0 spiro atoms. The Kier molecular flexibility index (Phi) is 12.7. The van der Waals surface area contributed by atoms with E-state index in [9.17, 15) is 4.79 Å². The van der Waals surface area contributed by atoms with Gasteiger partial charge in [0.1, 0.15) is 0 Å². The van der Waals surface area contributed by atoms with Crippen LogP contribution in [0.15, 0.2) is 78.9 Å². The molecular weight excluding hydrogens is 517 g/mol. The van der Waals surface area contributed by atoms with Gasteiger partial charge in [0.05, 0.1) is 5.69 Å². The number of hydrogen-bond donors (Lipinski definition) is 0. The molecule has 0 aliphatic heterocycles.